The van der Waals surface area contributed by atoms with Crippen LogP contribution in [-0.4, -0.2) is 19.1 Å². The molecule has 0 aliphatic carbocycles. The number of benzene rings is 1. The van der Waals surface area contributed by atoms with Gasteiger partial charge in [0.15, 0.2) is 0 Å². The van der Waals surface area contributed by atoms with Crippen LogP contribution in [0.25, 0.3) is 0 Å². The average Bonchev–Trinajstić information content (AvgIpc) is 2.32. The van der Waals surface area contributed by atoms with Gasteiger partial charge in [0, 0.05) is 11.6 Å². The van der Waals surface area contributed by atoms with E-state index in [2.05, 4.69) is 11.9 Å². The van der Waals surface area contributed by atoms with Gasteiger partial charge in [-0.15, -0.1) is 0 Å². The van der Waals surface area contributed by atoms with Crippen LogP contribution in [0.2, 0.25) is 0 Å². The van der Waals surface area contributed by atoms with Crippen LogP contribution in [0, 0.1) is 5.92 Å². The first-order chi connectivity index (χ1) is 9.40. The van der Waals surface area contributed by atoms with Gasteiger partial charge in [0.2, 0.25) is 5.91 Å². The molecule has 0 saturated carbocycles. The quantitative estimate of drug-likeness (QED) is 0.864. The lowest BCUT2D eigenvalue weighted by Crippen LogP contribution is -2.30. The minimum absolute atomic E-state index is 0.0986. The highest BCUT2D eigenvalue weighted by atomic mass is 19.4. The Hall–Kier alpha value is -1.82. The van der Waals surface area contributed by atoms with Gasteiger partial charge in [-0.2, -0.15) is 13.2 Å². The second-order valence-electron chi connectivity index (χ2n) is 4.67. The van der Waals surface area contributed by atoms with E-state index in [9.17, 15) is 18.0 Å². The Balaban J connectivity index is 2.27. The molecule has 20 heavy (non-hydrogen) atoms. The van der Waals surface area contributed by atoms with Crippen LogP contribution >= 0.6 is 0 Å². The molecule has 1 aliphatic rings. The summed E-state index contributed by atoms with van der Waals surface area (Å²) in [6.07, 6.45) is -3.05. The van der Waals surface area contributed by atoms with Crippen LogP contribution in [0.3, 0.4) is 0 Å². The SMILES string of the molecule is C=CC(=O)Nc1ccc(C(F)(F)F)c(CC2COC2)c1. The van der Waals surface area contributed by atoms with Crippen molar-refractivity contribution in [1.29, 1.82) is 0 Å². The smallest absolute Gasteiger partial charge is 0.381 e. The van der Waals surface area contributed by atoms with E-state index in [0.29, 0.717) is 18.9 Å². The van der Waals surface area contributed by atoms with Gasteiger partial charge in [0.1, 0.15) is 0 Å². The van der Waals surface area contributed by atoms with Crippen LogP contribution in [0.1, 0.15) is 11.1 Å². The number of nitrogens with one attached hydrogen (secondary N) is 1. The van der Waals surface area contributed by atoms with Crippen molar-refractivity contribution in [3.63, 3.8) is 0 Å². The van der Waals surface area contributed by atoms with E-state index in [1.54, 1.807) is 0 Å². The third kappa shape index (κ3) is 3.39. The van der Waals surface area contributed by atoms with Crippen molar-refractivity contribution in [2.75, 3.05) is 18.5 Å². The highest BCUT2D eigenvalue weighted by Crippen LogP contribution is 2.35. The highest BCUT2D eigenvalue weighted by Gasteiger charge is 2.34. The molecule has 108 valence electrons. The van der Waals surface area contributed by atoms with E-state index < -0.39 is 17.6 Å². The summed E-state index contributed by atoms with van der Waals surface area (Å²) < 4.78 is 43.8. The summed E-state index contributed by atoms with van der Waals surface area (Å²) in [5.41, 5.74) is -0.160. The van der Waals surface area contributed by atoms with E-state index in [0.717, 1.165) is 12.1 Å². The molecule has 1 aliphatic heterocycles. The molecule has 1 aromatic rings. The molecule has 3 nitrogen and oxygen atoms in total. The van der Waals surface area contributed by atoms with Gasteiger partial charge >= 0.3 is 6.18 Å². The number of rotatable bonds is 4. The van der Waals surface area contributed by atoms with Gasteiger partial charge in [0.05, 0.1) is 18.8 Å². The number of carbonyl (C=O) groups is 1. The van der Waals surface area contributed by atoms with E-state index in [1.165, 1.54) is 12.1 Å². The summed E-state index contributed by atoms with van der Waals surface area (Å²) in [4.78, 5) is 11.2. The minimum Gasteiger partial charge on any atom is -0.381 e. The van der Waals surface area contributed by atoms with Crippen molar-refractivity contribution in [3.05, 3.63) is 42.0 Å². The van der Waals surface area contributed by atoms with Crippen molar-refractivity contribution >= 4 is 11.6 Å². The molecule has 0 radical (unpaired) electrons. The Bertz CT molecular complexity index is 522. The molecule has 1 N–H and O–H groups in total. The van der Waals surface area contributed by atoms with Gasteiger partial charge in [-0.05, 0) is 36.3 Å². The fourth-order valence-corrected chi connectivity index (χ4v) is 2.02. The van der Waals surface area contributed by atoms with Crippen LogP contribution in [-0.2, 0) is 22.1 Å². The van der Waals surface area contributed by atoms with E-state index in [1.807, 2.05) is 0 Å². The predicted octanol–water partition coefficient (Wildman–Crippen LogP) is 3.02. The molecule has 1 fully saturated rings. The first-order valence-corrected chi connectivity index (χ1v) is 6.11. The fourth-order valence-electron chi connectivity index (χ4n) is 2.02. The Morgan fingerprint density at radius 3 is 2.65 bits per heavy atom. The number of halogens is 3. The van der Waals surface area contributed by atoms with Gasteiger partial charge in [-0.3, -0.25) is 4.79 Å². The third-order valence-electron chi connectivity index (χ3n) is 3.08. The zero-order chi connectivity index (χ0) is 14.8. The third-order valence-corrected chi connectivity index (χ3v) is 3.08. The maximum atomic E-state index is 12.9. The largest absolute Gasteiger partial charge is 0.416 e. The molecule has 1 amide bonds. The number of carbonyl (C=O) groups excluding carboxylic acids is 1. The summed E-state index contributed by atoms with van der Waals surface area (Å²) in [7, 11) is 0. The lowest BCUT2D eigenvalue weighted by atomic mass is 9.93. The van der Waals surface area contributed by atoms with Gasteiger partial charge in [0.25, 0.3) is 0 Å². The summed E-state index contributed by atoms with van der Waals surface area (Å²) in [5, 5.41) is 2.46. The molecule has 1 heterocycles. The summed E-state index contributed by atoms with van der Waals surface area (Å²) in [6.45, 7) is 4.24. The molecule has 6 heteroatoms. The lowest BCUT2D eigenvalue weighted by Gasteiger charge is -2.27. The summed E-state index contributed by atoms with van der Waals surface area (Å²) in [5.74, 6) is -0.357. The first kappa shape index (κ1) is 14.6. The van der Waals surface area contributed by atoms with Crippen molar-refractivity contribution in [1.82, 2.24) is 0 Å². The predicted molar refractivity (Wildman–Crippen MR) is 68.3 cm³/mol. The Kier molecular flexibility index (Phi) is 4.13. The number of hydrogen-bond acceptors (Lipinski definition) is 2. The van der Waals surface area contributed by atoms with Crippen molar-refractivity contribution in [2.24, 2.45) is 5.92 Å². The zero-order valence-corrected chi connectivity index (χ0v) is 10.7. The molecule has 2 rings (SSSR count). The maximum Gasteiger partial charge on any atom is 0.416 e. The molecule has 1 aromatic carbocycles. The molecule has 0 bridgehead atoms. The molecule has 1 saturated heterocycles. The normalized spacial score (nSPS) is 15.6. The number of alkyl halides is 3. The van der Waals surface area contributed by atoms with Crippen LogP contribution in [0.4, 0.5) is 18.9 Å². The Morgan fingerprint density at radius 2 is 2.15 bits per heavy atom. The Labute approximate surface area is 114 Å². The maximum absolute atomic E-state index is 12.9. The van der Waals surface area contributed by atoms with Crippen LogP contribution < -0.4 is 5.32 Å². The van der Waals surface area contributed by atoms with Crippen molar-refractivity contribution in [3.8, 4) is 0 Å². The first-order valence-electron chi connectivity index (χ1n) is 6.11. The molecule has 0 unspecified atom stereocenters. The monoisotopic (exact) mass is 285 g/mol. The number of ether oxygens (including phenoxy) is 1. The van der Waals surface area contributed by atoms with Crippen molar-refractivity contribution in [2.45, 2.75) is 12.6 Å². The van der Waals surface area contributed by atoms with E-state index in [-0.39, 0.29) is 17.9 Å². The van der Waals surface area contributed by atoms with Crippen LogP contribution in [0.5, 0.6) is 0 Å². The topological polar surface area (TPSA) is 38.3 Å². The molecule has 0 aromatic heterocycles. The van der Waals surface area contributed by atoms with Crippen molar-refractivity contribution < 1.29 is 22.7 Å². The number of anilines is 1. The summed E-state index contributed by atoms with van der Waals surface area (Å²) >= 11 is 0. The molecule has 0 spiro atoms. The minimum atomic E-state index is -4.40. The lowest BCUT2D eigenvalue weighted by molar-refractivity contribution is -0.138. The second kappa shape index (κ2) is 5.66. The molecule has 0 atom stereocenters. The second-order valence-corrected chi connectivity index (χ2v) is 4.67. The standard InChI is InChI=1S/C14H14F3NO2/c1-2-13(19)18-11-3-4-12(14(15,16)17)10(6-11)5-9-7-20-8-9/h2-4,6,9H,1,5,7-8H2,(H,18,19). The van der Waals surface area contributed by atoms with Gasteiger partial charge in [-0.1, -0.05) is 6.58 Å². The number of hydrogen-bond donors (Lipinski definition) is 1. The zero-order valence-electron chi connectivity index (χ0n) is 10.7. The number of amides is 1. The summed E-state index contributed by atoms with van der Waals surface area (Å²) in [6, 6.07) is 3.60. The van der Waals surface area contributed by atoms with Gasteiger partial charge in [-0.25, -0.2) is 0 Å². The average molecular weight is 285 g/mol. The molecular weight excluding hydrogens is 271 g/mol. The molecular formula is C14H14F3NO2. The Morgan fingerprint density at radius 1 is 1.45 bits per heavy atom. The van der Waals surface area contributed by atoms with Crippen LogP contribution in [0.15, 0.2) is 30.9 Å². The van der Waals surface area contributed by atoms with Gasteiger partial charge < -0.3 is 10.1 Å². The fraction of sp³-hybridized carbons (Fsp3) is 0.357. The van der Waals surface area contributed by atoms with E-state index >= 15 is 0 Å². The highest BCUT2D eigenvalue weighted by molar-refractivity contribution is 5.98. The van der Waals surface area contributed by atoms with E-state index in [4.69, 9.17) is 4.74 Å².